The van der Waals surface area contributed by atoms with E-state index in [1.54, 1.807) is 4.90 Å². The number of nitrogens with zero attached hydrogens (tertiary/aromatic N) is 1. The molecule has 1 saturated carbocycles. The van der Waals surface area contributed by atoms with Crippen LogP contribution in [0.25, 0.3) is 10.8 Å². The van der Waals surface area contributed by atoms with Crippen LogP contribution in [0.5, 0.6) is 0 Å². The Hall–Kier alpha value is -2.07. The van der Waals surface area contributed by atoms with Crippen molar-refractivity contribution in [2.45, 2.75) is 18.9 Å². The molecule has 0 radical (unpaired) electrons. The lowest BCUT2D eigenvalue weighted by Gasteiger charge is -2.35. The topological polar surface area (TPSA) is 58.4 Å². The number of anilines is 1. The van der Waals surface area contributed by atoms with Gasteiger partial charge in [-0.05, 0) is 30.2 Å². The molecule has 2 aromatic carbocycles. The minimum absolute atomic E-state index is 0.0631. The molecule has 110 valence electrons. The van der Waals surface area contributed by atoms with Gasteiger partial charge in [0.15, 0.2) is 0 Å². The molecule has 2 aromatic rings. The van der Waals surface area contributed by atoms with Crippen molar-refractivity contribution in [2.24, 2.45) is 11.7 Å². The first-order chi connectivity index (χ1) is 10.1. The normalized spacial score (nSPS) is 20.9. The van der Waals surface area contributed by atoms with Crippen LogP contribution in [0.3, 0.4) is 0 Å². The number of fused-ring (bicyclic) bond motifs is 1. The molecule has 0 heterocycles. The Morgan fingerprint density at radius 1 is 1.24 bits per heavy atom. The molecule has 1 aliphatic rings. The Morgan fingerprint density at radius 3 is 2.71 bits per heavy atom. The SMILES string of the molecule is CN(CC1CC(N)C1)C(=O)Nc1cccc2ccccc12. The van der Waals surface area contributed by atoms with Crippen LogP contribution in [0.15, 0.2) is 42.5 Å². The van der Waals surface area contributed by atoms with Crippen molar-refractivity contribution in [3.63, 3.8) is 0 Å². The van der Waals surface area contributed by atoms with Gasteiger partial charge in [-0.1, -0.05) is 36.4 Å². The quantitative estimate of drug-likeness (QED) is 0.909. The molecule has 0 saturated heterocycles. The predicted octanol–water partition coefficient (Wildman–Crippen LogP) is 3.04. The summed E-state index contributed by atoms with van der Waals surface area (Å²) in [6, 6.07) is 14.3. The molecule has 1 aliphatic carbocycles. The number of amides is 2. The van der Waals surface area contributed by atoms with Gasteiger partial charge in [0, 0.05) is 25.0 Å². The zero-order valence-corrected chi connectivity index (χ0v) is 12.3. The monoisotopic (exact) mass is 283 g/mol. The predicted molar refractivity (Wildman–Crippen MR) is 86.3 cm³/mol. The number of benzene rings is 2. The smallest absolute Gasteiger partial charge is 0.321 e. The van der Waals surface area contributed by atoms with E-state index in [2.05, 4.69) is 5.32 Å². The van der Waals surface area contributed by atoms with Gasteiger partial charge in [-0.15, -0.1) is 0 Å². The highest BCUT2D eigenvalue weighted by Gasteiger charge is 2.28. The average Bonchev–Trinajstić information content (AvgIpc) is 2.46. The number of nitrogens with one attached hydrogen (secondary N) is 1. The molecule has 0 spiro atoms. The number of carbonyl (C=O) groups is 1. The van der Waals surface area contributed by atoms with Gasteiger partial charge in [-0.2, -0.15) is 0 Å². The first-order valence-corrected chi connectivity index (χ1v) is 7.39. The van der Waals surface area contributed by atoms with E-state index < -0.39 is 0 Å². The molecule has 0 unspecified atom stereocenters. The van der Waals surface area contributed by atoms with Crippen molar-refractivity contribution in [3.8, 4) is 0 Å². The average molecular weight is 283 g/mol. The van der Waals surface area contributed by atoms with Gasteiger partial charge in [-0.25, -0.2) is 4.79 Å². The van der Waals surface area contributed by atoms with Crippen molar-refractivity contribution in [1.82, 2.24) is 4.90 Å². The lowest BCUT2D eigenvalue weighted by Crippen LogP contribution is -2.44. The van der Waals surface area contributed by atoms with E-state index in [0.717, 1.165) is 35.8 Å². The van der Waals surface area contributed by atoms with Crippen molar-refractivity contribution >= 4 is 22.5 Å². The second kappa shape index (κ2) is 5.74. The number of rotatable bonds is 3. The van der Waals surface area contributed by atoms with Crippen molar-refractivity contribution < 1.29 is 4.79 Å². The highest BCUT2D eigenvalue weighted by Crippen LogP contribution is 2.27. The number of carbonyl (C=O) groups excluding carboxylic acids is 1. The standard InChI is InChI=1S/C17H21N3O/c1-20(11-12-9-14(18)10-12)17(21)19-16-8-4-6-13-5-2-3-7-15(13)16/h2-8,12,14H,9-11,18H2,1H3,(H,19,21). The zero-order valence-electron chi connectivity index (χ0n) is 12.3. The molecular weight excluding hydrogens is 262 g/mol. The highest BCUT2D eigenvalue weighted by molar-refractivity contribution is 6.01. The van der Waals surface area contributed by atoms with E-state index in [9.17, 15) is 4.79 Å². The van der Waals surface area contributed by atoms with Crippen LogP contribution in [-0.4, -0.2) is 30.6 Å². The summed E-state index contributed by atoms with van der Waals surface area (Å²) in [5, 5.41) is 5.20. The number of nitrogens with two attached hydrogens (primary N) is 1. The third kappa shape index (κ3) is 3.00. The fraction of sp³-hybridized carbons (Fsp3) is 0.353. The fourth-order valence-corrected chi connectivity index (χ4v) is 2.95. The van der Waals surface area contributed by atoms with E-state index >= 15 is 0 Å². The van der Waals surface area contributed by atoms with Gasteiger partial charge in [0.2, 0.25) is 0 Å². The van der Waals surface area contributed by atoms with Gasteiger partial charge in [0.25, 0.3) is 0 Å². The summed E-state index contributed by atoms with van der Waals surface area (Å²) >= 11 is 0. The maximum absolute atomic E-state index is 12.3. The Kier molecular flexibility index (Phi) is 3.80. The fourth-order valence-electron chi connectivity index (χ4n) is 2.95. The molecule has 0 bridgehead atoms. The first-order valence-electron chi connectivity index (χ1n) is 7.39. The Morgan fingerprint density at radius 2 is 1.95 bits per heavy atom. The number of hydrogen-bond acceptors (Lipinski definition) is 2. The van der Waals surface area contributed by atoms with Gasteiger partial charge >= 0.3 is 6.03 Å². The third-order valence-corrected chi connectivity index (χ3v) is 4.18. The van der Waals surface area contributed by atoms with Gasteiger partial charge in [0.05, 0.1) is 5.69 Å². The largest absolute Gasteiger partial charge is 0.328 e. The third-order valence-electron chi connectivity index (χ3n) is 4.18. The molecule has 1 fully saturated rings. The maximum Gasteiger partial charge on any atom is 0.321 e. The van der Waals surface area contributed by atoms with Crippen molar-refractivity contribution in [3.05, 3.63) is 42.5 Å². The molecule has 0 atom stereocenters. The van der Waals surface area contributed by atoms with Gasteiger partial charge < -0.3 is 16.0 Å². The van der Waals surface area contributed by atoms with Gasteiger partial charge in [-0.3, -0.25) is 0 Å². The van der Waals surface area contributed by atoms with Crippen molar-refractivity contribution in [1.29, 1.82) is 0 Å². The Labute approximate surface area is 124 Å². The van der Waals surface area contributed by atoms with Crippen molar-refractivity contribution in [2.75, 3.05) is 18.9 Å². The molecular formula is C17H21N3O. The van der Waals surface area contributed by atoms with Crippen LogP contribution in [0, 0.1) is 5.92 Å². The summed E-state index contributed by atoms with van der Waals surface area (Å²) in [7, 11) is 1.84. The summed E-state index contributed by atoms with van der Waals surface area (Å²) < 4.78 is 0. The molecule has 0 aliphatic heterocycles. The second-order valence-corrected chi connectivity index (χ2v) is 5.93. The minimum atomic E-state index is -0.0631. The lowest BCUT2D eigenvalue weighted by atomic mass is 9.81. The molecule has 2 amide bonds. The van der Waals surface area contributed by atoms with E-state index in [0.29, 0.717) is 12.0 Å². The summed E-state index contributed by atoms with van der Waals surface area (Å²) in [5.41, 5.74) is 6.64. The van der Waals surface area contributed by atoms with Crippen LogP contribution in [0.4, 0.5) is 10.5 Å². The van der Waals surface area contributed by atoms with Crippen LogP contribution in [0.2, 0.25) is 0 Å². The summed E-state index contributed by atoms with van der Waals surface area (Å²) in [4.78, 5) is 14.0. The number of hydrogen-bond donors (Lipinski definition) is 2. The maximum atomic E-state index is 12.3. The molecule has 3 N–H and O–H groups in total. The van der Waals surface area contributed by atoms with E-state index in [4.69, 9.17) is 5.73 Å². The van der Waals surface area contributed by atoms with Crippen LogP contribution in [0.1, 0.15) is 12.8 Å². The van der Waals surface area contributed by atoms with Crippen LogP contribution < -0.4 is 11.1 Å². The lowest BCUT2D eigenvalue weighted by molar-refractivity contribution is 0.181. The molecule has 0 aromatic heterocycles. The molecule has 3 rings (SSSR count). The summed E-state index contributed by atoms with van der Waals surface area (Å²) in [6.45, 7) is 0.768. The Balaban J connectivity index is 1.68. The Bertz CT molecular complexity index is 644. The minimum Gasteiger partial charge on any atom is -0.328 e. The summed E-state index contributed by atoms with van der Waals surface area (Å²) in [6.07, 6.45) is 2.04. The van der Waals surface area contributed by atoms with E-state index in [1.807, 2.05) is 49.5 Å². The zero-order chi connectivity index (χ0) is 14.8. The summed E-state index contributed by atoms with van der Waals surface area (Å²) in [5.74, 6) is 0.545. The van der Waals surface area contributed by atoms with E-state index in [1.165, 1.54) is 0 Å². The van der Waals surface area contributed by atoms with E-state index in [-0.39, 0.29) is 6.03 Å². The van der Waals surface area contributed by atoms with Crippen LogP contribution in [-0.2, 0) is 0 Å². The first kappa shape index (κ1) is 13.9. The van der Waals surface area contributed by atoms with Crippen LogP contribution >= 0.6 is 0 Å². The molecule has 4 nitrogen and oxygen atoms in total. The highest BCUT2D eigenvalue weighted by atomic mass is 16.2. The van der Waals surface area contributed by atoms with Gasteiger partial charge in [0.1, 0.15) is 0 Å². The number of urea groups is 1. The molecule has 4 heteroatoms. The second-order valence-electron chi connectivity index (χ2n) is 5.93. The molecule has 21 heavy (non-hydrogen) atoms.